The molecule has 2 aromatic carbocycles. The molecule has 30 heavy (non-hydrogen) atoms. The van der Waals surface area contributed by atoms with Gasteiger partial charge in [-0.15, -0.1) is 0 Å². The van der Waals surface area contributed by atoms with Crippen LogP contribution in [-0.2, 0) is 0 Å². The van der Waals surface area contributed by atoms with Crippen molar-refractivity contribution < 1.29 is 13.7 Å². The normalized spacial score (nSPS) is 11.1. The zero-order valence-corrected chi connectivity index (χ0v) is 16.3. The Morgan fingerprint density at radius 3 is 2.67 bits per heavy atom. The summed E-state index contributed by atoms with van der Waals surface area (Å²) >= 11 is 0. The van der Waals surface area contributed by atoms with Crippen LogP contribution in [0, 0.1) is 13.8 Å². The van der Waals surface area contributed by atoms with Crippen molar-refractivity contribution in [2.75, 3.05) is 5.32 Å². The molecule has 0 bridgehead atoms. The van der Waals surface area contributed by atoms with E-state index in [9.17, 15) is 4.79 Å². The van der Waals surface area contributed by atoms with Gasteiger partial charge in [-0.2, -0.15) is 5.10 Å². The predicted molar refractivity (Wildman–Crippen MR) is 111 cm³/mol. The fourth-order valence-corrected chi connectivity index (χ4v) is 3.30. The summed E-state index contributed by atoms with van der Waals surface area (Å²) in [4.78, 5) is 16.9. The molecule has 2 N–H and O–H groups in total. The Labute approximate surface area is 170 Å². The SMILES string of the molecule is Cc1oncc1C(=O)Nc1ccc(-c2n[nH]cc2-c2nc3c(C)cccc3o2)cc1. The van der Waals surface area contributed by atoms with Gasteiger partial charge in [-0.1, -0.05) is 29.4 Å². The standard InChI is InChI=1S/C22H17N5O3/c1-12-4-3-5-18-19(12)26-22(29-18)17-10-23-27-20(17)14-6-8-15(9-7-14)25-21(28)16-11-24-30-13(16)2/h3-11H,1-2H3,(H,23,27)(H,25,28). The molecule has 0 saturated carbocycles. The van der Waals surface area contributed by atoms with Crippen LogP contribution in [0.15, 0.2) is 63.8 Å². The lowest BCUT2D eigenvalue weighted by Crippen LogP contribution is -2.11. The number of H-pyrrole nitrogens is 1. The van der Waals surface area contributed by atoms with Gasteiger partial charge in [-0.05, 0) is 37.6 Å². The topological polar surface area (TPSA) is 110 Å². The Morgan fingerprint density at radius 1 is 1.10 bits per heavy atom. The molecule has 0 aliphatic heterocycles. The summed E-state index contributed by atoms with van der Waals surface area (Å²) in [5, 5.41) is 13.7. The van der Waals surface area contributed by atoms with Crippen LogP contribution >= 0.6 is 0 Å². The second kappa shape index (κ2) is 7.00. The van der Waals surface area contributed by atoms with E-state index in [1.807, 2.05) is 49.4 Å². The van der Waals surface area contributed by atoms with Gasteiger partial charge in [0.15, 0.2) is 5.58 Å². The van der Waals surface area contributed by atoms with Crippen molar-refractivity contribution in [3.8, 4) is 22.7 Å². The van der Waals surface area contributed by atoms with Crippen LogP contribution < -0.4 is 5.32 Å². The summed E-state index contributed by atoms with van der Waals surface area (Å²) in [7, 11) is 0. The number of aryl methyl sites for hydroxylation is 2. The zero-order chi connectivity index (χ0) is 20.7. The highest BCUT2D eigenvalue weighted by Crippen LogP contribution is 2.33. The van der Waals surface area contributed by atoms with E-state index in [4.69, 9.17) is 8.94 Å². The Morgan fingerprint density at radius 2 is 1.93 bits per heavy atom. The third kappa shape index (κ3) is 3.04. The van der Waals surface area contributed by atoms with E-state index in [0.717, 1.165) is 27.8 Å². The number of aromatic nitrogens is 4. The van der Waals surface area contributed by atoms with Gasteiger partial charge in [-0.3, -0.25) is 9.89 Å². The quantitative estimate of drug-likeness (QED) is 0.452. The van der Waals surface area contributed by atoms with Gasteiger partial charge in [0.05, 0.1) is 11.8 Å². The molecule has 0 fully saturated rings. The number of fused-ring (bicyclic) bond motifs is 1. The number of rotatable bonds is 4. The molecular formula is C22H17N5O3. The van der Waals surface area contributed by atoms with E-state index >= 15 is 0 Å². The number of para-hydroxylation sites is 1. The van der Waals surface area contributed by atoms with Gasteiger partial charge >= 0.3 is 0 Å². The molecule has 8 nitrogen and oxygen atoms in total. The number of nitrogens with zero attached hydrogens (tertiary/aromatic N) is 3. The molecule has 0 aliphatic rings. The van der Waals surface area contributed by atoms with Gasteiger partial charge in [0.2, 0.25) is 5.89 Å². The van der Waals surface area contributed by atoms with Gasteiger partial charge in [-0.25, -0.2) is 4.98 Å². The molecular weight excluding hydrogens is 382 g/mol. The van der Waals surface area contributed by atoms with Gasteiger partial charge in [0, 0.05) is 17.4 Å². The number of hydrogen-bond donors (Lipinski definition) is 2. The van der Waals surface area contributed by atoms with Crippen LogP contribution in [0.25, 0.3) is 33.8 Å². The molecule has 3 heterocycles. The number of nitrogens with one attached hydrogen (secondary N) is 2. The number of carbonyl (C=O) groups is 1. The summed E-state index contributed by atoms with van der Waals surface area (Å²) in [5.74, 6) is 0.700. The lowest BCUT2D eigenvalue weighted by molar-refractivity contribution is 0.102. The summed E-state index contributed by atoms with van der Waals surface area (Å²) in [6, 6.07) is 13.2. The molecule has 8 heteroatoms. The molecule has 0 atom stereocenters. The Balaban J connectivity index is 1.43. The Bertz CT molecular complexity index is 1360. The first kappa shape index (κ1) is 17.9. The minimum atomic E-state index is -0.274. The van der Waals surface area contributed by atoms with Gasteiger partial charge in [0.1, 0.15) is 22.5 Å². The van der Waals surface area contributed by atoms with Crippen LogP contribution in [0.3, 0.4) is 0 Å². The fourth-order valence-electron chi connectivity index (χ4n) is 3.30. The number of aromatic amines is 1. The molecule has 1 amide bonds. The van der Waals surface area contributed by atoms with Crippen molar-refractivity contribution in [1.29, 1.82) is 0 Å². The number of benzene rings is 2. The molecule has 5 rings (SSSR count). The minimum absolute atomic E-state index is 0.274. The molecule has 148 valence electrons. The maximum atomic E-state index is 12.3. The van der Waals surface area contributed by atoms with Crippen molar-refractivity contribution in [2.45, 2.75) is 13.8 Å². The number of oxazole rings is 1. The lowest BCUT2D eigenvalue weighted by atomic mass is 10.1. The number of anilines is 1. The Hall–Kier alpha value is -4.20. The first-order valence-electron chi connectivity index (χ1n) is 9.33. The van der Waals surface area contributed by atoms with Crippen LogP contribution in [0.2, 0.25) is 0 Å². The third-order valence-electron chi connectivity index (χ3n) is 4.90. The van der Waals surface area contributed by atoms with Crippen LogP contribution in [-0.4, -0.2) is 26.2 Å². The molecule has 3 aromatic heterocycles. The molecule has 5 aromatic rings. The van der Waals surface area contributed by atoms with Crippen LogP contribution in [0.1, 0.15) is 21.7 Å². The molecule has 0 aliphatic carbocycles. The average Bonchev–Trinajstić information content (AvgIpc) is 3.47. The maximum absolute atomic E-state index is 12.3. The molecule has 0 unspecified atom stereocenters. The van der Waals surface area contributed by atoms with Gasteiger partial charge < -0.3 is 14.3 Å². The highest BCUT2D eigenvalue weighted by atomic mass is 16.5. The smallest absolute Gasteiger partial charge is 0.260 e. The third-order valence-corrected chi connectivity index (χ3v) is 4.90. The van der Waals surface area contributed by atoms with E-state index in [0.29, 0.717) is 28.6 Å². The van der Waals surface area contributed by atoms with Crippen LogP contribution in [0.4, 0.5) is 5.69 Å². The van der Waals surface area contributed by atoms with E-state index in [2.05, 4.69) is 25.7 Å². The first-order chi connectivity index (χ1) is 14.6. The van der Waals surface area contributed by atoms with E-state index < -0.39 is 0 Å². The molecule has 0 spiro atoms. The summed E-state index contributed by atoms with van der Waals surface area (Å²) in [5.41, 5.74) is 6.02. The van der Waals surface area contributed by atoms with Crippen molar-refractivity contribution in [2.24, 2.45) is 0 Å². The average molecular weight is 399 g/mol. The Kier molecular flexibility index (Phi) is 4.17. The predicted octanol–water partition coefficient (Wildman–Crippen LogP) is 4.74. The van der Waals surface area contributed by atoms with E-state index in [1.165, 1.54) is 6.20 Å². The molecule has 0 saturated heterocycles. The van der Waals surface area contributed by atoms with Crippen molar-refractivity contribution in [3.63, 3.8) is 0 Å². The number of carbonyl (C=O) groups excluding carboxylic acids is 1. The van der Waals surface area contributed by atoms with Gasteiger partial charge in [0.25, 0.3) is 5.91 Å². The molecule has 0 radical (unpaired) electrons. The zero-order valence-electron chi connectivity index (χ0n) is 16.3. The fraction of sp³-hybridized carbons (Fsp3) is 0.0909. The monoisotopic (exact) mass is 399 g/mol. The highest BCUT2D eigenvalue weighted by molar-refractivity contribution is 6.04. The number of amides is 1. The van der Waals surface area contributed by atoms with Crippen LogP contribution in [0.5, 0.6) is 0 Å². The second-order valence-corrected chi connectivity index (χ2v) is 6.92. The van der Waals surface area contributed by atoms with Crippen molar-refractivity contribution >= 4 is 22.7 Å². The first-order valence-corrected chi connectivity index (χ1v) is 9.33. The number of hydrogen-bond acceptors (Lipinski definition) is 6. The highest BCUT2D eigenvalue weighted by Gasteiger charge is 2.17. The lowest BCUT2D eigenvalue weighted by Gasteiger charge is -2.05. The minimum Gasteiger partial charge on any atom is -0.436 e. The van der Waals surface area contributed by atoms with Crippen molar-refractivity contribution in [3.05, 3.63) is 71.7 Å². The summed E-state index contributed by atoms with van der Waals surface area (Å²) in [6.07, 6.45) is 3.16. The maximum Gasteiger partial charge on any atom is 0.260 e. The largest absolute Gasteiger partial charge is 0.436 e. The van der Waals surface area contributed by atoms with Crippen molar-refractivity contribution in [1.82, 2.24) is 20.3 Å². The second-order valence-electron chi connectivity index (χ2n) is 6.92. The van der Waals surface area contributed by atoms with E-state index in [1.54, 1.807) is 13.1 Å². The summed E-state index contributed by atoms with van der Waals surface area (Å²) < 4.78 is 10.9. The summed E-state index contributed by atoms with van der Waals surface area (Å²) in [6.45, 7) is 3.69. The van der Waals surface area contributed by atoms with E-state index in [-0.39, 0.29) is 5.91 Å².